The fourth-order valence-electron chi connectivity index (χ4n) is 2.18. The average molecular weight is 213 g/mol. The molecule has 2 unspecified atom stereocenters. The van der Waals surface area contributed by atoms with Gasteiger partial charge >= 0.3 is 0 Å². The van der Waals surface area contributed by atoms with Crippen molar-refractivity contribution in [2.45, 2.75) is 59.0 Å². The van der Waals surface area contributed by atoms with Gasteiger partial charge in [-0.25, -0.2) is 0 Å². The van der Waals surface area contributed by atoms with Gasteiger partial charge in [0, 0.05) is 6.54 Å². The molecule has 1 fully saturated rings. The van der Waals surface area contributed by atoms with Crippen molar-refractivity contribution < 1.29 is 5.11 Å². The normalized spacial score (nSPS) is 28.0. The van der Waals surface area contributed by atoms with E-state index in [1.54, 1.807) is 0 Å². The fraction of sp³-hybridized carbons (Fsp3) is 1.00. The molecule has 0 radical (unpaired) electrons. The van der Waals surface area contributed by atoms with Crippen molar-refractivity contribution in [3.63, 3.8) is 0 Å². The summed E-state index contributed by atoms with van der Waals surface area (Å²) in [6.07, 6.45) is 5.86. The highest BCUT2D eigenvalue weighted by atomic mass is 16.3. The van der Waals surface area contributed by atoms with Crippen molar-refractivity contribution in [2.24, 2.45) is 11.3 Å². The summed E-state index contributed by atoms with van der Waals surface area (Å²) in [5.74, 6) is 0.499. The number of aliphatic hydroxyl groups excluding tert-OH is 1. The molecule has 0 aromatic rings. The van der Waals surface area contributed by atoms with Gasteiger partial charge in [-0.3, -0.25) is 0 Å². The molecule has 2 atom stereocenters. The third-order valence-electron chi connectivity index (χ3n) is 3.33. The summed E-state index contributed by atoms with van der Waals surface area (Å²) in [5.41, 5.74) is 0.415. The Morgan fingerprint density at radius 2 is 1.87 bits per heavy atom. The maximum atomic E-state index is 9.79. The molecule has 1 aliphatic rings. The summed E-state index contributed by atoms with van der Waals surface area (Å²) < 4.78 is 0. The number of hydrogen-bond donors (Lipinski definition) is 2. The summed E-state index contributed by atoms with van der Waals surface area (Å²) in [5, 5.41) is 13.3. The Labute approximate surface area is 94.5 Å². The largest absolute Gasteiger partial charge is 0.393 e. The van der Waals surface area contributed by atoms with E-state index in [9.17, 15) is 5.11 Å². The summed E-state index contributed by atoms with van der Waals surface area (Å²) in [6.45, 7) is 8.88. The molecule has 0 heterocycles. The molecule has 90 valence electrons. The summed E-state index contributed by atoms with van der Waals surface area (Å²) >= 11 is 0. The van der Waals surface area contributed by atoms with Gasteiger partial charge in [0.15, 0.2) is 0 Å². The second-order valence-electron chi connectivity index (χ2n) is 6.13. The third kappa shape index (κ3) is 5.53. The highest BCUT2D eigenvalue weighted by Crippen LogP contribution is 2.23. The SMILES string of the molecule is CC(C)(C)CCNCC1CCCCC1O. The van der Waals surface area contributed by atoms with E-state index in [-0.39, 0.29) is 6.10 Å². The standard InChI is InChI=1S/C13H27NO/c1-13(2,3)8-9-14-10-11-6-4-5-7-12(11)15/h11-12,14-15H,4-10H2,1-3H3. The molecule has 15 heavy (non-hydrogen) atoms. The Morgan fingerprint density at radius 1 is 1.20 bits per heavy atom. The minimum Gasteiger partial charge on any atom is -0.393 e. The monoisotopic (exact) mass is 213 g/mol. The zero-order valence-corrected chi connectivity index (χ0v) is 10.6. The minimum atomic E-state index is -0.0547. The molecule has 2 nitrogen and oxygen atoms in total. The first-order valence-corrected chi connectivity index (χ1v) is 6.38. The van der Waals surface area contributed by atoms with E-state index in [0.717, 1.165) is 19.5 Å². The minimum absolute atomic E-state index is 0.0547. The van der Waals surface area contributed by atoms with Crippen LogP contribution in [0.1, 0.15) is 52.9 Å². The Hall–Kier alpha value is -0.0800. The first-order valence-electron chi connectivity index (χ1n) is 6.38. The van der Waals surface area contributed by atoms with E-state index in [0.29, 0.717) is 11.3 Å². The summed E-state index contributed by atoms with van der Waals surface area (Å²) in [6, 6.07) is 0. The molecule has 1 saturated carbocycles. The molecule has 0 spiro atoms. The van der Waals surface area contributed by atoms with Crippen molar-refractivity contribution in [1.29, 1.82) is 0 Å². The van der Waals surface area contributed by atoms with E-state index in [2.05, 4.69) is 26.1 Å². The topological polar surface area (TPSA) is 32.3 Å². The van der Waals surface area contributed by atoms with Crippen molar-refractivity contribution in [3.05, 3.63) is 0 Å². The first-order chi connectivity index (χ1) is 6.99. The van der Waals surface area contributed by atoms with Crippen LogP contribution in [0.25, 0.3) is 0 Å². The second kappa shape index (κ2) is 5.86. The van der Waals surface area contributed by atoms with E-state index < -0.39 is 0 Å². The Kier molecular flexibility index (Phi) is 5.07. The van der Waals surface area contributed by atoms with E-state index in [4.69, 9.17) is 0 Å². The molecular formula is C13H27NO. The third-order valence-corrected chi connectivity index (χ3v) is 3.33. The smallest absolute Gasteiger partial charge is 0.0580 e. The van der Waals surface area contributed by atoms with Crippen LogP contribution >= 0.6 is 0 Å². The van der Waals surface area contributed by atoms with E-state index >= 15 is 0 Å². The highest BCUT2D eigenvalue weighted by molar-refractivity contribution is 4.76. The van der Waals surface area contributed by atoms with Gasteiger partial charge in [-0.15, -0.1) is 0 Å². The summed E-state index contributed by atoms with van der Waals surface area (Å²) in [7, 11) is 0. The molecule has 2 N–H and O–H groups in total. The molecule has 1 rings (SSSR count). The molecular weight excluding hydrogens is 186 g/mol. The maximum absolute atomic E-state index is 9.79. The lowest BCUT2D eigenvalue weighted by molar-refractivity contribution is 0.0694. The van der Waals surface area contributed by atoms with E-state index in [1.165, 1.54) is 25.7 Å². The molecule has 1 aliphatic carbocycles. The van der Waals surface area contributed by atoms with Gasteiger partial charge in [0.2, 0.25) is 0 Å². The molecule has 0 amide bonds. The van der Waals surface area contributed by atoms with Crippen molar-refractivity contribution >= 4 is 0 Å². The Balaban J connectivity index is 2.08. The van der Waals surface area contributed by atoms with Gasteiger partial charge in [-0.05, 0) is 37.1 Å². The zero-order chi connectivity index (χ0) is 11.3. The average Bonchev–Trinajstić information content (AvgIpc) is 2.13. The van der Waals surface area contributed by atoms with Crippen LogP contribution in [-0.4, -0.2) is 24.3 Å². The lowest BCUT2D eigenvalue weighted by Gasteiger charge is -2.28. The number of nitrogens with one attached hydrogen (secondary N) is 1. The molecule has 0 aromatic carbocycles. The highest BCUT2D eigenvalue weighted by Gasteiger charge is 2.22. The number of hydrogen-bond acceptors (Lipinski definition) is 2. The van der Waals surface area contributed by atoms with Crippen LogP contribution in [-0.2, 0) is 0 Å². The van der Waals surface area contributed by atoms with Crippen LogP contribution in [0.3, 0.4) is 0 Å². The van der Waals surface area contributed by atoms with Crippen LogP contribution in [0.5, 0.6) is 0 Å². The van der Waals surface area contributed by atoms with Crippen LogP contribution in [0.4, 0.5) is 0 Å². The van der Waals surface area contributed by atoms with Crippen LogP contribution in [0.15, 0.2) is 0 Å². The Bertz CT molecular complexity index is 174. The predicted octanol–water partition coefficient (Wildman–Crippen LogP) is 2.56. The van der Waals surface area contributed by atoms with Crippen LogP contribution in [0, 0.1) is 11.3 Å². The lowest BCUT2D eigenvalue weighted by atomic mass is 9.86. The van der Waals surface area contributed by atoms with Crippen molar-refractivity contribution in [1.82, 2.24) is 5.32 Å². The maximum Gasteiger partial charge on any atom is 0.0580 e. The molecule has 0 saturated heterocycles. The van der Waals surface area contributed by atoms with Crippen LogP contribution < -0.4 is 5.32 Å². The van der Waals surface area contributed by atoms with Gasteiger partial charge in [-0.2, -0.15) is 0 Å². The molecule has 0 bridgehead atoms. The fourth-order valence-corrected chi connectivity index (χ4v) is 2.18. The lowest BCUT2D eigenvalue weighted by Crippen LogP contribution is -2.34. The van der Waals surface area contributed by atoms with Gasteiger partial charge in [0.1, 0.15) is 0 Å². The van der Waals surface area contributed by atoms with Crippen molar-refractivity contribution in [3.8, 4) is 0 Å². The van der Waals surface area contributed by atoms with Crippen LogP contribution in [0.2, 0.25) is 0 Å². The second-order valence-corrected chi connectivity index (χ2v) is 6.13. The molecule has 0 aromatic heterocycles. The van der Waals surface area contributed by atoms with Gasteiger partial charge in [0.25, 0.3) is 0 Å². The first kappa shape index (κ1) is 13.0. The zero-order valence-electron chi connectivity index (χ0n) is 10.6. The number of rotatable bonds is 4. The van der Waals surface area contributed by atoms with Gasteiger partial charge in [0.05, 0.1) is 6.10 Å². The summed E-state index contributed by atoms with van der Waals surface area (Å²) in [4.78, 5) is 0. The van der Waals surface area contributed by atoms with E-state index in [1.807, 2.05) is 0 Å². The van der Waals surface area contributed by atoms with Gasteiger partial charge < -0.3 is 10.4 Å². The van der Waals surface area contributed by atoms with Gasteiger partial charge in [-0.1, -0.05) is 33.6 Å². The molecule has 2 heteroatoms. The predicted molar refractivity (Wildman–Crippen MR) is 64.9 cm³/mol. The quantitative estimate of drug-likeness (QED) is 0.703. The molecule has 0 aliphatic heterocycles. The Morgan fingerprint density at radius 3 is 2.47 bits per heavy atom. The van der Waals surface area contributed by atoms with Crippen molar-refractivity contribution in [2.75, 3.05) is 13.1 Å². The number of aliphatic hydroxyl groups is 1.